The number of aryl methyl sites for hydroxylation is 2. The van der Waals surface area contributed by atoms with Gasteiger partial charge in [-0.05, 0) is 49.7 Å². The summed E-state index contributed by atoms with van der Waals surface area (Å²) < 4.78 is 10.0. The van der Waals surface area contributed by atoms with Gasteiger partial charge in [-0.15, -0.1) is 0 Å². The van der Waals surface area contributed by atoms with E-state index in [0.29, 0.717) is 29.4 Å². The fourth-order valence-electron chi connectivity index (χ4n) is 4.19. The monoisotopic (exact) mass is 445 g/mol. The summed E-state index contributed by atoms with van der Waals surface area (Å²) in [7, 11) is 1.57. The number of carbonyl (C=O) groups excluding carboxylic acids is 1. The molecule has 0 fully saturated rings. The molecule has 2 aromatic heterocycles. The van der Waals surface area contributed by atoms with Gasteiger partial charge in [0.1, 0.15) is 17.3 Å². The summed E-state index contributed by atoms with van der Waals surface area (Å²) in [4.78, 5) is 44.1. The van der Waals surface area contributed by atoms with Crippen molar-refractivity contribution in [3.63, 3.8) is 0 Å². The van der Waals surface area contributed by atoms with Crippen molar-refractivity contribution in [2.24, 2.45) is 7.05 Å². The summed E-state index contributed by atoms with van der Waals surface area (Å²) in [5.41, 5.74) is 0.515. The van der Waals surface area contributed by atoms with E-state index in [-0.39, 0.29) is 12.3 Å². The van der Waals surface area contributed by atoms with Crippen molar-refractivity contribution < 1.29 is 9.53 Å². The number of aromatic nitrogens is 4. The summed E-state index contributed by atoms with van der Waals surface area (Å²) >= 11 is 0. The molecule has 3 heterocycles. The van der Waals surface area contributed by atoms with Gasteiger partial charge >= 0.3 is 5.69 Å². The molecule has 0 aliphatic carbocycles. The van der Waals surface area contributed by atoms with Crippen LogP contribution in [0, 0.1) is 0 Å². The molecule has 4 aromatic rings. The number of benzene rings is 2. The van der Waals surface area contributed by atoms with E-state index in [1.165, 1.54) is 11.5 Å². The molecule has 0 radical (unpaired) electrons. The predicted molar refractivity (Wildman–Crippen MR) is 124 cm³/mol. The van der Waals surface area contributed by atoms with Crippen LogP contribution < -0.4 is 20.9 Å². The maximum Gasteiger partial charge on any atom is 0.332 e. The van der Waals surface area contributed by atoms with Crippen LogP contribution in [0.1, 0.15) is 13.3 Å². The smallest absolute Gasteiger partial charge is 0.332 e. The molecule has 0 atom stereocenters. The minimum absolute atomic E-state index is 0.255. The van der Waals surface area contributed by atoms with E-state index in [2.05, 4.69) is 4.98 Å². The van der Waals surface area contributed by atoms with Crippen LogP contribution in [0.15, 0.2) is 64.2 Å². The van der Waals surface area contributed by atoms with E-state index >= 15 is 0 Å². The Hall–Kier alpha value is -4.14. The SMILES string of the molecule is CC(=O)Cn1c(=O)c2c(nc3n2CCCN3c2ccc(Oc3ccccc3)cc2)n(C)c1=O. The van der Waals surface area contributed by atoms with Gasteiger partial charge in [-0.3, -0.25) is 18.7 Å². The van der Waals surface area contributed by atoms with Crippen molar-refractivity contribution in [2.75, 3.05) is 11.4 Å². The molecule has 0 amide bonds. The number of anilines is 2. The van der Waals surface area contributed by atoms with Crippen LogP contribution >= 0.6 is 0 Å². The molecule has 0 unspecified atom stereocenters. The predicted octanol–water partition coefficient (Wildman–Crippen LogP) is 2.82. The van der Waals surface area contributed by atoms with Crippen molar-refractivity contribution in [1.29, 1.82) is 0 Å². The fourth-order valence-corrected chi connectivity index (χ4v) is 4.19. The number of carbonyl (C=O) groups is 1. The molecule has 9 nitrogen and oxygen atoms in total. The average molecular weight is 445 g/mol. The second-order valence-corrected chi connectivity index (χ2v) is 8.08. The van der Waals surface area contributed by atoms with Crippen molar-refractivity contribution in [1.82, 2.24) is 18.7 Å². The van der Waals surface area contributed by atoms with Crippen LogP contribution in [0.4, 0.5) is 11.6 Å². The van der Waals surface area contributed by atoms with Crippen LogP contribution in [0.5, 0.6) is 11.5 Å². The number of rotatable bonds is 5. The number of ketones is 1. The summed E-state index contributed by atoms with van der Waals surface area (Å²) in [6.45, 7) is 2.42. The van der Waals surface area contributed by atoms with E-state index in [1.54, 1.807) is 7.05 Å². The van der Waals surface area contributed by atoms with E-state index in [1.807, 2.05) is 64.1 Å². The number of hydrogen-bond acceptors (Lipinski definition) is 6. The first-order valence-electron chi connectivity index (χ1n) is 10.7. The number of fused-ring (bicyclic) bond motifs is 3. The van der Waals surface area contributed by atoms with Gasteiger partial charge in [-0.25, -0.2) is 4.79 Å². The van der Waals surface area contributed by atoms with Crippen LogP contribution in [0.25, 0.3) is 11.2 Å². The minimum Gasteiger partial charge on any atom is -0.457 e. The van der Waals surface area contributed by atoms with Crippen LogP contribution in [-0.4, -0.2) is 31.0 Å². The molecule has 33 heavy (non-hydrogen) atoms. The molecule has 1 aliphatic rings. The van der Waals surface area contributed by atoms with Gasteiger partial charge in [0.25, 0.3) is 5.56 Å². The number of nitrogens with zero attached hydrogens (tertiary/aromatic N) is 5. The van der Waals surface area contributed by atoms with Gasteiger partial charge in [-0.2, -0.15) is 4.98 Å². The topological polar surface area (TPSA) is 91.4 Å². The highest BCUT2D eigenvalue weighted by molar-refractivity contribution is 5.78. The number of imidazole rings is 1. The lowest BCUT2D eigenvalue weighted by Crippen LogP contribution is -2.41. The Morgan fingerprint density at radius 1 is 1.00 bits per heavy atom. The van der Waals surface area contributed by atoms with Crippen molar-refractivity contribution in [3.8, 4) is 11.5 Å². The van der Waals surface area contributed by atoms with Gasteiger partial charge in [0.15, 0.2) is 11.2 Å². The molecule has 0 bridgehead atoms. The lowest BCUT2D eigenvalue weighted by atomic mass is 10.2. The molecule has 5 rings (SSSR count). The van der Waals surface area contributed by atoms with Crippen LogP contribution in [0.3, 0.4) is 0 Å². The van der Waals surface area contributed by atoms with Gasteiger partial charge in [0.2, 0.25) is 5.95 Å². The van der Waals surface area contributed by atoms with Crippen molar-refractivity contribution in [2.45, 2.75) is 26.4 Å². The number of hydrogen-bond donors (Lipinski definition) is 0. The van der Waals surface area contributed by atoms with Gasteiger partial charge < -0.3 is 14.2 Å². The Morgan fingerprint density at radius 2 is 1.70 bits per heavy atom. The molecule has 0 N–H and O–H groups in total. The molecule has 2 aromatic carbocycles. The highest BCUT2D eigenvalue weighted by Crippen LogP contribution is 2.32. The lowest BCUT2D eigenvalue weighted by Gasteiger charge is -2.29. The molecule has 0 saturated carbocycles. The Kier molecular flexibility index (Phi) is 5.08. The van der Waals surface area contributed by atoms with Crippen LogP contribution in [0.2, 0.25) is 0 Å². The minimum atomic E-state index is -0.549. The highest BCUT2D eigenvalue weighted by Gasteiger charge is 2.27. The number of ether oxygens (including phenoxy) is 1. The van der Waals surface area contributed by atoms with Crippen molar-refractivity contribution >= 4 is 28.6 Å². The molecular formula is C24H23N5O4. The summed E-state index contributed by atoms with van der Waals surface area (Å²) in [6, 6.07) is 17.2. The number of para-hydroxylation sites is 1. The third kappa shape index (κ3) is 3.61. The molecule has 0 spiro atoms. The second-order valence-electron chi connectivity index (χ2n) is 8.08. The standard InChI is InChI=1S/C24H23N5O4/c1-16(30)15-29-22(31)20-21(26(2)24(29)32)25-23-27(13-6-14-28(20)23)17-9-11-19(12-10-17)33-18-7-4-3-5-8-18/h3-5,7-12H,6,13-15H2,1-2H3. The zero-order valence-corrected chi connectivity index (χ0v) is 18.4. The highest BCUT2D eigenvalue weighted by atomic mass is 16.5. The Balaban J connectivity index is 1.56. The quantitative estimate of drug-likeness (QED) is 0.469. The largest absolute Gasteiger partial charge is 0.457 e. The number of Topliss-reactive ketones (excluding diaryl/α,β-unsaturated/α-hetero) is 1. The Morgan fingerprint density at radius 3 is 2.39 bits per heavy atom. The second kappa shape index (κ2) is 8.09. The molecular weight excluding hydrogens is 422 g/mol. The van der Waals surface area contributed by atoms with Gasteiger partial charge in [0.05, 0.1) is 6.54 Å². The lowest BCUT2D eigenvalue weighted by molar-refractivity contribution is -0.117. The summed E-state index contributed by atoms with van der Waals surface area (Å²) in [5.74, 6) is 1.81. The Bertz CT molecular complexity index is 1470. The third-order valence-electron chi connectivity index (χ3n) is 5.73. The first kappa shape index (κ1) is 20.7. The first-order chi connectivity index (χ1) is 15.9. The van der Waals surface area contributed by atoms with Crippen molar-refractivity contribution in [3.05, 3.63) is 75.4 Å². The zero-order valence-electron chi connectivity index (χ0n) is 18.4. The maximum atomic E-state index is 13.1. The zero-order chi connectivity index (χ0) is 23.1. The van der Waals surface area contributed by atoms with E-state index < -0.39 is 11.2 Å². The third-order valence-corrected chi connectivity index (χ3v) is 5.73. The van der Waals surface area contributed by atoms with Gasteiger partial charge in [0, 0.05) is 25.8 Å². The van der Waals surface area contributed by atoms with E-state index in [4.69, 9.17) is 4.74 Å². The summed E-state index contributed by atoms with van der Waals surface area (Å²) in [6.07, 6.45) is 0.801. The van der Waals surface area contributed by atoms with Crippen LogP contribution in [-0.2, 0) is 24.9 Å². The van der Waals surface area contributed by atoms with Gasteiger partial charge in [-0.1, -0.05) is 18.2 Å². The summed E-state index contributed by atoms with van der Waals surface area (Å²) in [5, 5.41) is 0. The molecule has 1 aliphatic heterocycles. The molecule has 9 heteroatoms. The molecule has 0 saturated heterocycles. The molecule has 168 valence electrons. The average Bonchev–Trinajstić information content (AvgIpc) is 3.22. The Labute approximate surface area is 189 Å². The van der Waals surface area contributed by atoms with E-state index in [0.717, 1.165) is 29.0 Å². The first-order valence-corrected chi connectivity index (χ1v) is 10.7. The fraction of sp³-hybridized carbons (Fsp3) is 0.250. The normalized spacial score (nSPS) is 13.2. The van der Waals surface area contributed by atoms with E-state index in [9.17, 15) is 14.4 Å². The maximum absolute atomic E-state index is 13.1.